The van der Waals surface area contributed by atoms with Crippen molar-refractivity contribution >= 4 is 68.1 Å². The maximum atomic E-state index is 7.18. The lowest BCUT2D eigenvalue weighted by Crippen LogP contribution is -2.64. The Hall–Kier alpha value is -7.56. The molecule has 328 valence electrons. The summed E-state index contributed by atoms with van der Waals surface area (Å²) in [6, 6.07) is 70.0. The number of anilines is 5. The normalized spacial score (nSPS) is 19.3. The largest absolute Gasteiger partial charge is 0.455 e. The third-order valence-corrected chi connectivity index (χ3v) is 18.1. The molecule has 4 aliphatic heterocycles. The van der Waals surface area contributed by atoms with Gasteiger partial charge in [-0.1, -0.05) is 173 Å². The molecule has 3 nitrogen and oxygen atoms in total. The van der Waals surface area contributed by atoms with Gasteiger partial charge in [0.15, 0.2) is 0 Å². The highest BCUT2D eigenvalue weighted by atomic mass is 16.3. The fraction of sp³-hybridized carbons (Fsp3) is 0.169. The highest BCUT2D eigenvalue weighted by Gasteiger charge is 2.60. The predicted octanol–water partition coefficient (Wildman–Crippen LogP) is 15.0. The quantitative estimate of drug-likeness (QED) is 0.165. The molecule has 6 aliphatic rings. The average molecular weight is 885 g/mol. The smallest absolute Gasteiger partial charge is 0.333 e. The number of benzene rings is 9. The van der Waals surface area contributed by atoms with E-state index in [9.17, 15) is 0 Å². The second-order valence-corrected chi connectivity index (χ2v) is 22.2. The Balaban J connectivity index is 1.12. The van der Waals surface area contributed by atoms with Gasteiger partial charge < -0.3 is 14.1 Å². The number of hydrogen-bond donors (Lipinski definition) is 0. The number of para-hydroxylation sites is 3. The van der Waals surface area contributed by atoms with Gasteiger partial charge in [-0.15, -0.1) is 0 Å². The van der Waals surface area contributed by atoms with Crippen molar-refractivity contribution in [1.29, 1.82) is 0 Å². The van der Waals surface area contributed by atoms with E-state index in [2.05, 4.69) is 226 Å². The summed E-state index contributed by atoms with van der Waals surface area (Å²) in [5.41, 5.74) is 27.4. The Morgan fingerprint density at radius 2 is 1.13 bits per heavy atom. The molecule has 2 aliphatic carbocycles. The molecule has 16 rings (SSSR count). The summed E-state index contributed by atoms with van der Waals surface area (Å²) < 4.78 is 7.18. The first-order valence-corrected chi connectivity index (χ1v) is 25.0. The van der Waals surface area contributed by atoms with E-state index in [4.69, 9.17) is 4.42 Å². The molecular formula is C65H49BN2O. The third kappa shape index (κ3) is 4.37. The van der Waals surface area contributed by atoms with Crippen LogP contribution in [0.4, 0.5) is 28.4 Å². The van der Waals surface area contributed by atoms with Crippen LogP contribution in [-0.4, -0.2) is 6.85 Å². The van der Waals surface area contributed by atoms with Crippen molar-refractivity contribution in [1.82, 2.24) is 0 Å². The lowest BCUT2D eigenvalue weighted by Gasteiger charge is -2.56. The monoisotopic (exact) mass is 884 g/mol. The predicted molar refractivity (Wildman–Crippen MR) is 286 cm³/mol. The molecule has 0 saturated carbocycles. The van der Waals surface area contributed by atoms with Crippen molar-refractivity contribution in [3.05, 3.63) is 232 Å². The Bertz CT molecular complexity index is 3920. The van der Waals surface area contributed by atoms with Crippen LogP contribution in [0.2, 0.25) is 0 Å². The minimum atomic E-state index is -0.612. The molecule has 0 bridgehead atoms. The molecule has 0 amide bonds. The summed E-state index contributed by atoms with van der Waals surface area (Å²) in [5.74, 6) is 0. The molecule has 4 heteroatoms. The van der Waals surface area contributed by atoms with Crippen molar-refractivity contribution in [3.8, 4) is 22.3 Å². The van der Waals surface area contributed by atoms with Crippen LogP contribution in [0.5, 0.6) is 0 Å². The van der Waals surface area contributed by atoms with E-state index >= 15 is 0 Å². The summed E-state index contributed by atoms with van der Waals surface area (Å²) in [4.78, 5) is 5.50. The van der Waals surface area contributed by atoms with Crippen LogP contribution in [0.25, 0.3) is 44.2 Å². The first-order chi connectivity index (χ1) is 33.6. The highest BCUT2D eigenvalue weighted by Crippen LogP contribution is 2.69. The van der Waals surface area contributed by atoms with E-state index in [1.807, 2.05) is 0 Å². The zero-order chi connectivity index (χ0) is 45.9. The van der Waals surface area contributed by atoms with Gasteiger partial charge in [-0.25, -0.2) is 0 Å². The van der Waals surface area contributed by atoms with Gasteiger partial charge in [0, 0.05) is 44.5 Å². The fourth-order valence-electron chi connectivity index (χ4n) is 15.0. The van der Waals surface area contributed by atoms with Crippen molar-refractivity contribution in [2.45, 2.75) is 69.1 Å². The number of hydrogen-bond acceptors (Lipinski definition) is 3. The van der Waals surface area contributed by atoms with Crippen molar-refractivity contribution in [2.24, 2.45) is 0 Å². The van der Waals surface area contributed by atoms with Crippen LogP contribution in [0.15, 0.2) is 186 Å². The van der Waals surface area contributed by atoms with Gasteiger partial charge in [0.25, 0.3) is 0 Å². The first kappa shape index (κ1) is 38.4. The molecular weight excluding hydrogens is 836 g/mol. The van der Waals surface area contributed by atoms with Gasteiger partial charge in [-0.2, -0.15) is 0 Å². The molecule has 0 saturated heterocycles. The molecule has 1 atom stereocenters. The molecule has 0 N–H and O–H groups in total. The molecule has 5 heterocycles. The summed E-state index contributed by atoms with van der Waals surface area (Å²) in [6.45, 7) is 12.2. The zero-order valence-electron chi connectivity index (χ0n) is 39.6. The Kier molecular flexibility index (Phi) is 6.99. The van der Waals surface area contributed by atoms with Gasteiger partial charge in [-0.05, 0) is 145 Å². The minimum Gasteiger partial charge on any atom is -0.455 e. The Morgan fingerprint density at radius 1 is 0.478 bits per heavy atom. The van der Waals surface area contributed by atoms with Crippen molar-refractivity contribution < 1.29 is 4.42 Å². The molecule has 0 radical (unpaired) electrons. The number of rotatable bonds is 3. The van der Waals surface area contributed by atoms with Crippen LogP contribution in [0.1, 0.15) is 97.5 Å². The van der Waals surface area contributed by atoms with E-state index in [0.29, 0.717) is 0 Å². The summed E-state index contributed by atoms with van der Waals surface area (Å²) in [6.07, 6.45) is 2.33. The Morgan fingerprint density at radius 3 is 1.91 bits per heavy atom. The molecule has 1 aromatic heterocycles. The first-order valence-electron chi connectivity index (χ1n) is 25.0. The lowest BCUT2D eigenvalue weighted by atomic mass is 9.41. The SMILES string of the molecule is CC1(C)CCC(C)(C)c2cc(N3B4c5cccc6c5N5c7c(cccc7C6(c6ccccc6)c6ccccc6)C6(C)c7ccccc7-c7cc(c4c5c76)-c4c3ccc3c4oc4ccccc43)ccc21. The average Bonchev–Trinajstić information content (AvgIpc) is 3.89. The van der Waals surface area contributed by atoms with Gasteiger partial charge in [-0.3, -0.25) is 0 Å². The second kappa shape index (κ2) is 12.6. The third-order valence-electron chi connectivity index (χ3n) is 18.1. The van der Waals surface area contributed by atoms with Gasteiger partial charge in [0.2, 0.25) is 0 Å². The number of fused-ring (bicyclic) bond motifs is 12. The molecule has 1 unspecified atom stereocenters. The summed E-state index contributed by atoms with van der Waals surface area (Å²) in [7, 11) is 0. The van der Waals surface area contributed by atoms with E-state index < -0.39 is 10.8 Å². The van der Waals surface area contributed by atoms with E-state index in [1.165, 1.54) is 118 Å². The number of furan rings is 1. The van der Waals surface area contributed by atoms with Gasteiger partial charge in [0.1, 0.15) is 11.2 Å². The Labute approximate surface area is 403 Å². The molecule has 9 aromatic carbocycles. The van der Waals surface area contributed by atoms with E-state index in [-0.39, 0.29) is 17.7 Å². The standard InChI is InChI=1S/C65H49BN2O/c1-62(2)34-35-63(3,4)51-36-40(30-32-47(51)62)68-53-33-31-43-42-23-13-15-29-54(42)69-61(43)55(53)45-37-44-41-22-12-14-24-46(41)64(5)48-25-16-26-49-58(48)67-59-50(27-17-28-52(59)66(68)57(45)60(67)56(44)64)65(49,38-18-8-6-9-19-38)39-20-10-7-11-21-39/h6-33,36-37H,34-35H2,1-5H3. The summed E-state index contributed by atoms with van der Waals surface area (Å²) >= 11 is 0. The molecule has 10 aromatic rings. The van der Waals surface area contributed by atoms with Crippen molar-refractivity contribution in [2.75, 3.05) is 9.71 Å². The number of nitrogens with zero attached hydrogens (tertiary/aromatic N) is 2. The molecule has 69 heavy (non-hydrogen) atoms. The maximum Gasteiger partial charge on any atom is 0.333 e. The van der Waals surface area contributed by atoms with Gasteiger partial charge >= 0.3 is 6.85 Å². The fourth-order valence-corrected chi connectivity index (χ4v) is 15.0. The van der Waals surface area contributed by atoms with Crippen LogP contribution < -0.4 is 20.6 Å². The molecule has 0 fully saturated rings. The minimum absolute atomic E-state index is 0.0286. The highest BCUT2D eigenvalue weighted by molar-refractivity contribution is 6.94. The van der Waals surface area contributed by atoms with Crippen LogP contribution in [0.3, 0.4) is 0 Å². The van der Waals surface area contributed by atoms with Crippen LogP contribution >= 0.6 is 0 Å². The van der Waals surface area contributed by atoms with E-state index in [0.717, 1.165) is 28.4 Å². The summed E-state index contributed by atoms with van der Waals surface area (Å²) in [5, 5.41) is 2.31. The van der Waals surface area contributed by atoms with Crippen LogP contribution in [0, 0.1) is 0 Å². The van der Waals surface area contributed by atoms with Crippen LogP contribution in [-0.2, 0) is 21.7 Å². The van der Waals surface area contributed by atoms with Gasteiger partial charge in [0.05, 0.1) is 11.1 Å². The maximum absolute atomic E-state index is 7.18. The second-order valence-electron chi connectivity index (χ2n) is 22.2. The zero-order valence-corrected chi connectivity index (χ0v) is 39.6. The molecule has 0 spiro atoms. The lowest BCUT2D eigenvalue weighted by molar-refractivity contribution is 0.332. The topological polar surface area (TPSA) is 19.6 Å². The van der Waals surface area contributed by atoms with Crippen molar-refractivity contribution in [3.63, 3.8) is 0 Å². The van der Waals surface area contributed by atoms with E-state index in [1.54, 1.807) is 0 Å².